The molecule has 3 atom stereocenters. The molecule has 0 unspecified atom stereocenters. The van der Waals surface area contributed by atoms with Gasteiger partial charge < -0.3 is 20.6 Å². The van der Waals surface area contributed by atoms with Gasteiger partial charge in [0.25, 0.3) is 0 Å². The molecular formula is C20H27N3O4. The van der Waals surface area contributed by atoms with E-state index in [4.69, 9.17) is 10.5 Å². The summed E-state index contributed by atoms with van der Waals surface area (Å²) in [6.07, 6.45) is 0.356. The molecule has 1 aliphatic heterocycles. The second kappa shape index (κ2) is 7.32. The first-order valence-corrected chi connectivity index (χ1v) is 9.20. The SMILES string of the molecule is CC(C)(C)OC(=O)[C@@H]1CCN([C@@H](C(=O)O)c2cc3ccccc3[nH]2)[C@@H](N)C1. The maximum atomic E-state index is 12.3. The number of carboxylic acids is 1. The third-order valence-electron chi connectivity index (χ3n) is 4.84. The Balaban J connectivity index is 1.78. The average Bonchev–Trinajstić information content (AvgIpc) is 2.98. The molecule has 7 nitrogen and oxygen atoms in total. The summed E-state index contributed by atoms with van der Waals surface area (Å²) in [6.45, 7) is 5.90. The quantitative estimate of drug-likeness (QED) is 0.711. The predicted octanol–water partition coefficient (Wildman–Crippen LogP) is 2.63. The normalized spacial score (nSPS) is 22.5. The smallest absolute Gasteiger partial charge is 0.327 e. The van der Waals surface area contributed by atoms with Gasteiger partial charge in [0.2, 0.25) is 0 Å². The van der Waals surface area contributed by atoms with Crippen molar-refractivity contribution in [3.05, 3.63) is 36.0 Å². The molecule has 0 saturated carbocycles. The van der Waals surface area contributed by atoms with Crippen molar-refractivity contribution in [1.82, 2.24) is 9.88 Å². The lowest BCUT2D eigenvalue weighted by Crippen LogP contribution is -2.53. The third kappa shape index (κ3) is 4.31. The molecule has 4 N–H and O–H groups in total. The van der Waals surface area contributed by atoms with Crippen LogP contribution in [0.3, 0.4) is 0 Å². The van der Waals surface area contributed by atoms with Crippen molar-refractivity contribution in [1.29, 1.82) is 0 Å². The molecule has 146 valence electrons. The minimum absolute atomic E-state index is 0.268. The van der Waals surface area contributed by atoms with Gasteiger partial charge in [-0.1, -0.05) is 18.2 Å². The minimum Gasteiger partial charge on any atom is -0.480 e. The van der Waals surface area contributed by atoms with E-state index in [1.165, 1.54) is 0 Å². The van der Waals surface area contributed by atoms with Crippen molar-refractivity contribution < 1.29 is 19.4 Å². The van der Waals surface area contributed by atoms with Crippen molar-refractivity contribution >= 4 is 22.8 Å². The van der Waals surface area contributed by atoms with Gasteiger partial charge in [-0.15, -0.1) is 0 Å². The van der Waals surface area contributed by atoms with Crippen LogP contribution in [0, 0.1) is 5.92 Å². The topological polar surface area (TPSA) is 109 Å². The maximum absolute atomic E-state index is 12.3. The first-order valence-electron chi connectivity index (χ1n) is 9.20. The standard InChI is InChI=1S/C20H27N3O4/c1-20(2,3)27-19(26)13-8-9-23(16(21)11-13)17(18(24)25)15-10-12-6-4-5-7-14(12)22-15/h4-7,10,13,16-17,22H,8-9,11,21H2,1-3H3,(H,24,25)/t13-,16-,17-/m1/s1. The Morgan fingerprint density at radius 1 is 1.33 bits per heavy atom. The van der Waals surface area contributed by atoms with Crippen LogP contribution in [0.2, 0.25) is 0 Å². The fourth-order valence-corrected chi connectivity index (χ4v) is 3.63. The third-order valence-corrected chi connectivity index (χ3v) is 4.84. The Hall–Kier alpha value is -2.38. The largest absolute Gasteiger partial charge is 0.480 e. The summed E-state index contributed by atoms with van der Waals surface area (Å²) in [7, 11) is 0. The number of ether oxygens (including phenoxy) is 1. The van der Waals surface area contributed by atoms with Crippen LogP contribution in [0.25, 0.3) is 10.9 Å². The highest BCUT2D eigenvalue weighted by molar-refractivity contribution is 5.83. The molecule has 1 aliphatic rings. The number of hydrogen-bond donors (Lipinski definition) is 3. The lowest BCUT2D eigenvalue weighted by Gasteiger charge is -2.40. The molecule has 0 bridgehead atoms. The molecule has 1 aromatic heterocycles. The molecular weight excluding hydrogens is 346 g/mol. The fourth-order valence-electron chi connectivity index (χ4n) is 3.63. The molecule has 2 aromatic rings. The monoisotopic (exact) mass is 373 g/mol. The molecule has 0 spiro atoms. The Bertz CT molecular complexity index is 806. The highest BCUT2D eigenvalue weighted by Crippen LogP contribution is 2.32. The van der Waals surface area contributed by atoms with Gasteiger partial charge in [-0.05, 0) is 51.1 Å². The summed E-state index contributed by atoms with van der Waals surface area (Å²) < 4.78 is 5.46. The minimum atomic E-state index is -0.965. The number of aliphatic carboxylic acids is 1. The Kier molecular flexibility index (Phi) is 5.26. The van der Waals surface area contributed by atoms with Crippen molar-refractivity contribution in [2.75, 3.05) is 6.54 Å². The molecule has 2 heterocycles. The number of benzene rings is 1. The van der Waals surface area contributed by atoms with Gasteiger partial charge >= 0.3 is 11.9 Å². The Morgan fingerprint density at radius 3 is 2.63 bits per heavy atom. The van der Waals surface area contributed by atoms with Gasteiger partial charge in [0.15, 0.2) is 0 Å². The summed E-state index contributed by atoms with van der Waals surface area (Å²) in [5.74, 6) is -1.55. The zero-order valence-corrected chi connectivity index (χ0v) is 15.9. The average molecular weight is 373 g/mol. The number of likely N-dealkylation sites (tertiary alicyclic amines) is 1. The number of nitrogens with zero attached hydrogens (tertiary/aromatic N) is 1. The number of fused-ring (bicyclic) bond motifs is 1. The van der Waals surface area contributed by atoms with Crippen LogP contribution in [0.15, 0.2) is 30.3 Å². The van der Waals surface area contributed by atoms with Gasteiger partial charge in [-0.3, -0.25) is 14.5 Å². The lowest BCUT2D eigenvalue weighted by atomic mass is 9.92. The number of carbonyl (C=O) groups is 2. The van der Waals surface area contributed by atoms with Crippen LogP contribution >= 0.6 is 0 Å². The Labute approximate surface area is 158 Å². The zero-order chi connectivity index (χ0) is 19.8. The van der Waals surface area contributed by atoms with Gasteiger partial charge in [0, 0.05) is 17.8 Å². The fraction of sp³-hybridized carbons (Fsp3) is 0.500. The number of aromatic nitrogens is 1. The summed E-state index contributed by atoms with van der Waals surface area (Å²) in [6, 6.07) is 8.62. The molecule has 1 aromatic carbocycles. The van der Waals surface area contributed by atoms with Crippen molar-refractivity contribution in [3.63, 3.8) is 0 Å². The van der Waals surface area contributed by atoms with E-state index in [2.05, 4.69) is 4.98 Å². The molecule has 0 radical (unpaired) electrons. The van der Waals surface area contributed by atoms with Gasteiger partial charge in [0.05, 0.1) is 12.1 Å². The molecule has 1 saturated heterocycles. The first kappa shape index (κ1) is 19.4. The van der Waals surface area contributed by atoms with Crippen LogP contribution in [0.5, 0.6) is 0 Å². The number of nitrogens with one attached hydrogen (secondary N) is 1. The summed E-state index contributed by atoms with van der Waals surface area (Å²) >= 11 is 0. The highest BCUT2D eigenvalue weighted by Gasteiger charge is 2.39. The highest BCUT2D eigenvalue weighted by atomic mass is 16.6. The number of rotatable bonds is 4. The number of hydrogen-bond acceptors (Lipinski definition) is 5. The number of carboxylic acid groups (broad SMARTS) is 1. The van der Waals surface area contributed by atoms with E-state index < -0.39 is 23.8 Å². The summed E-state index contributed by atoms with van der Waals surface area (Å²) in [4.78, 5) is 29.3. The molecule has 7 heteroatoms. The number of nitrogens with two attached hydrogens (primary N) is 1. The number of esters is 1. The van der Waals surface area contributed by atoms with Gasteiger partial charge in [0.1, 0.15) is 11.6 Å². The zero-order valence-electron chi connectivity index (χ0n) is 15.9. The van der Waals surface area contributed by atoms with Crippen LogP contribution in [-0.2, 0) is 14.3 Å². The maximum Gasteiger partial charge on any atom is 0.327 e. The van der Waals surface area contributed by atoms with Crippen LogP contribution in [-0.4, -0.2) is 45.2 Å². The first-order chi connectivity index (χ1) is 12.7. The van der Waals surface area contributed by atoms with Crippen molar-refractivity contribution in [2.45, 2.75) is 51.4 Å². The van der Waals surface area contributed by atoms with E-state index in [-0.39, 0.29) is 11.9 Å². The second-order valence-electron chi connectivity index (χ2n) is 8.11. The predicted molar refractivity (Wildman–Crippen MR) is 102 cm³/mol. The molecule has 1 fully saturated rings. The number of aromatic amines is 1. The van der Waals surface area contributed by atoms with E-state index in [1.807, 2.05) is 51.1 Å². The van der Waals surface area contributed by atoms with E-state index in [0.29, 0.717) is 25.1 Å². The summed E-state index contributed by atoms with van der Waals surface area (Å²) in [5, 5.41) is 10.8. The van der Waals surface area contributed by atoms with Crippen molar-refractivity contribution in [2.24, 2.45) is 11.7 Å². The molecule has 0 amide bonds. The number of carbonyl (C=O) groups excluding carboxylic acids is 1. The number of para-hydroxylation sites is 1. The number of piperidine rings is 1. The Morgan fingerprint density at radius 2 is 2.04 bits per heavy atom. The molecule has 0 aliphatic carbocycles. The summed E-state index contributed by atoms with van der Waals surface area (Å²) in [5.41, 5.74) is 7.21. The van der Waals surface area contributed by atoms with Crippen LogP contribution < -0.4 is 5.73 Å². The lowest BCUT2D eigenvalue weighted by molar-refractivity contribution is -0.163. The van der Waals surface area contributed by atoms with Crippen LogP contribution in [0.4, 0.5) is 0 Å². The van der Waals surface area contributed by atoms with Gasteiger partial charge in [-0.25, -0.2) is 0 Å². The molecule has 3 rings (SSSR count). The van der Waals surface area contributed by atoms with E-state index in [1.54, 1.807) is 4.90 Å². The number of H-pyrrole nitrogens is 1. The van der Waals surface area contributed by atoms with E-state index in [0.717, 1.165) is 10.9 Å². The second-order valence-corrected chi connectivity index (χ2v) is 8.11. The van der Waals surface area contributed by atoms with Crippen molar-refractivity contribution in [3.8, 4) is 0 Å². The van der Waals surface area contributed by atoms with E-state index >= 15 is 0 Å². The van der Waals surface area contributed by atoms with Crippen LogP contribution in [0.1, 0.15) is 45.3 Å². The van der Waals surface area contributed by atoms with E-state index in [9.17, 15) is 14.7 Å². The molecule has 27 heavy (non-hydrogen) atoms. The van der Waals surface area contributed by atoms with Gasteiger partial charge in [-0.2, -0.15) is 0 Å².